The third-order valence-corrected chi connectivity index (χ3v) is 3.45. The highest BCUT2D eigenvalue weighted by atomic mass is 16.5. The Morgan fingerprint density at radius 2 is 2.06 bits per heavy atom. The smallest absolute Gasteiger partial charge is 0.106 e. The Morgan fingerprint density at radius 1 is 1.31 bits per heavy atom. The lowest BCUT2D eigenvalue weighted by molar-refractivity contribution is -0.0173. The standard InChI is InChI=1S/C13H27NO2/c1-11(2)5-6-12(3)14-9-13(15-4)7-8-16-10-13/h11-12,14H,5-10H2,1-4H3. The summed E-state index contributed by atoms with van der Waals surface area (Å²) in [4.78, 5) is 0. The lowest BCUT2D eigenvalue weighted by Crippen LogP contribution is -2.45. The van der Waals surface area contributed by atoms with Gasteiger partial charge in [0.1, 0.15) is 5.60 Å². The highest BCUT2D eigenvalue weighted by molar-refractivity contribution is 4.87. The summed E-state index contributed by atoms with van der Waals surface area (Å²) >= 11 is 0. The van der Waals surface area contributed by atoms with Crippen LogP contribution in [0.1, 0.15) is 40.0 Å². The molecule has 0 aromatic carbocycles. The molecule has 0 aliphatic carbocycles. The summed E-state index contributed by atoms with van der Waals surface area (Å²) in [5.74, 6) is 0.787. The van der Waals surface area contributed by atoms with E-state index in [1.807, 2.05) is 0 Å². The minimum absolute atomic E-state index is 0.0773. The van der Waals surface area contributed by atoms with Crippen molar-refractivity contribution in [1.29, 1.82) is 0 Å². The van der Waals surface area contributed by atoms with Gasteiger partial charge in [-0.25, -0.2) is 0 Å². The van der Waals surface area contributed by atoms with Gasteiger partial charge >= 0.3 is 0 Å². The average molecular weight is 229 g/mol. The first-order valence-electron chi connectivity index (χ1n) is 6.44. The van der Waals surface area contributed by atoms with Crippen LogP contribution in [-0.4, -0.2) is 38.5 Å². The maximum Gasteiger partial charge on any atom is 0.106 e. The van der Waals surface area contributed by atoms with Crippen LogP contribution < -0.4 is 5.32 Å². The van der Waals surface area contributed by atoms with E-state index in [-0.39, 0.29) is 5.60 Å². The predicted octanol–water partition coefficient (Wildman–Crippen LogP) is 2.21. The first-order chi connectivity index (χ1) is 7.58. The van der Waals surface area contributed by atoms with E-state index in [0.29, 0.717) is 6.04 Å². The minimum atomic E-state index is -0.0773. The van der Waals surface area contributed by atoms with Gasteiger partial charge in [-0.05, 0) is 25.7 Å². The zero-order chi connectivity index (χ0) is 12.0. The highest BCUT2D eigenvalue weighted by Crippen LogP contribution is 2.21. The van der Waals surface area contributed by atoms with Crippen LogP contribution in [0.3, 0.4) is 0 Å². The quantitative estimate of drug-likeness (QED) is 0.726. The lowest BCUT2D eigenvalue weighted by Gasteiger charge is -2.28. The van der Waals surface area contributed by atoms with E-state index in [9.17, 15) is 0 Å². The molecule has 3 nitrogen and oxygen atoms in total. The molecule has 1 rings (SSSR count). The van der Waals surface area contributed by atoms with Gasteiger partial charge in [-0.1, -0.05) is 13.8 Å². The Hall–Kier alpha value is -0.120. The van der Waals surface area contributed by atoms with Crippen LogP contribution in [0.4, 0.5) is 0 Å². The summed E-state index contributed by atoms with van der Waals surface area (Å²) in [6.45, 7) is 9.26. The molecule has 3 heteroatoms. The third-order valence-electron chi connectivity index (χ3n) is 3.45. The van der Waals surface area contributed by atoms with Gasteiger partial charge in [0, 0.05) is 32.7 Å². The highest BCUT2D eigenvalue weighted by Gasteiger charge is 2.34. The molecule has 1 N–H and O–H groups in total. The SMILES string of the molecule is COC1(CNC(C)CCC(C)C)CCOC1. The molecule has 2 atom stereocenters. The van der Waals surface area contributed by atoms with Crippen molar-refractivity contribution in [1.82, 2.24) is 5.32 Å². The van der Waals surface area contributed by atoms with E-state index in [1.165, 1.54) is 12.8 Å². The molecule has 1 fully saturated rings. The van der Waals surface area contributed by atoms with Gasteiger partial charge in [0.05, 0.1) is 6.61 Å². The van der Waals surface area contributed by atoms with E-state index in [4.69, 9.17) is 9.47 Å². The molecule has 0 bridgehead atoms. The number of methoxy groups -OCH3 is 1. The first-order valence-corrected chi connectivity index (χ1v) is 6.44. The summed E-state index contributed by atoms with van der Waals surface area (Å²) in [6, 6.07) is 0.565. The molecule has 2 unspecified atom stereocenters. The molecule has 16 heavy (non-hydrogen) atoms. The van der Waals surface area contributed by atoms with Crippen molar-refractivity contribution in [3.05, 3.63) is 0 Å². The maximum atomic E-state index is 5.59. The molecular weight excluding hydrogens is 202 g/mol. The minimum Gasteiger partial charge on any atom is -0.378 e. The van der Waals surface area contributed by atoms with Crippen LogP contribution in [0.5, 0.6) is 0 Å². The number of nitrogens with one attached hydrogen (secondary N) is 1. The van der Waals surface area contributed by atoms with Crippen LogP contribution in [-0.2, 0) is 9.47 Å². The number of ether oxygens (including phenoxy) is 2. The van der Waals surface area contributed by atoms with Crippen LogP contribution in [0.15, 0.2) is 0 Å². The summed E-state index contributed by atoms with van der Waals surface area (Å²) < 4.78 is 11.0. The Morgan fingerprint density at radius 3 is 2.56 bits per heavy atom. The van der Waals surface area contributed by atoms with Gasteiger partial charge in [0.15, 0.2) is 0 Å². The van der Waals surface area contributed by atoms with E-state index in [0.717, 1.165) is 32.1 Å². The fourth-order valence-electron chi connectivity index (χ4n) is 2.01. The second-order valence-corrected chi connectivity index (χ2v) is 5.44. The van der Waals surface area contributed by atoms with Crippen molar-refractivity contribution in [2.45, 2.75) is 51.7 Å². The van der Waals surface area contributed by atoms with Gasteiger partial charge < -0.3 is 14.8 Å². The Labute approximate surface area is 99.9 Å². The van der Waals surface area contributed by atoms with Crippen LogP contribution in [0, 0.1) is 5.92 Å². The molecule has 96 valence electrons. The van der Waals surface area contributed by atoms with Crippen molar-refractivity contribution < 1.29 is 9.47 Å². The monoisotopic (exact) mass is 229 g/mol. The predicted molar refractivity (Wildman–Crippen MR) is 66.7 cm³/mol. The van der Waals surface area contributed by atoms with Gasteiger partial charge in [-0.2, -0.15) is 0 Å². The second kappa shape index (κ2) is 6.58. The average Bonchev–Trinajstić information content (AvgIpc) is 2.73. The van der Waals surface area contributed by atoms with Crippen molar-refractivity contribution >= 4 is 0 Å². The van der Waals surface area contributed by atoms with Gasteiger partial charge in [0.2, 0.25) is 0 Å². The molecular formula is C13H27NO2. The fraction of sp³-hybridized carbons (Fsp3) is 1.00. The van der Waals surface area contributed by atoms with E-state index >= 15 is 0 Å². The molecule has 1 heterocycles. The van der Waals surface area contributed by atoms with Crippen molar-refractivity contribution in [3.8, 4) is 0 Å². The van der Waals surface area contributed by atoms with E-state index in [2.05, 4.69) is 26.1 Å². The Bertz CT molecular complexity index is 188. The zero-order valence-electron chi connectivity index (χ0n) is 11.2. The van der Waals surface area contributed by atoms with Gasteiger partial charge in [0.25, 0.3) is 0 Å². The molecule has 0 amide bonds. The van der Waals surface area contributed by atoms with E-state index < -0.39 is 0 Å². The maximum absolute atomic E-state index is 5.59. The molecule has 0 aromatic rings. The van der Waals surface area contributed by atoms with Crippen LogP contribution in [0.2, 0.25) is 0 Å². The number of rotatable bonds is 7. The van der Waals surface area contributed by atoms with Crippen LogP contribution >= 0.6 is 0 Å². The zero-order valence-corrected chi connectivity index (χ0v) is 11.2. The van der Waals surface area contributed by atoms with Crippen molar-refractivity contribution in [2.24, 2.45) is 5.92 Å². The molecule has 1 aliphatic rings. The largest absolute Gasteiger partial charge is 0.378 e. The number of hydrogen-bond acceptors (Lipinski definition) is 3. The first kappa shape index (κ1) is 13.9. The normalized spacial score (nSPS) is 27.6. The number of hydrogen-bond donors (Lipinski definition) is 1. The molecule has 0 radical (unpaired) electrons. The van der Waals surface area contributed by atoms with Crippen LogP contribution in [0.25, 0.3) is 0 Å². The second-order valence-electron chi connectivity index (χ2n) is 5.44. The van der Waals surface area contributed by atoms with Crippen molar-refractivity contribution in [2.75, 3.05) is 26.9 Å². The topological polar surface area (TPSA) is 30.5 Å². The Kier molecular flexibility index (Phi) is 5.73. The van der Waals surface area contributed by atoms with Gasteiger partial charge in [-0.15, -0.1) is 0 Å². The summed E-state index contributed by atoms with van der Waals surface area (Å²) in [5, 5.41) is 3.57. The van der Waals surface area contributed by atoms with Gasteiger partial charge in [-0.3, -0.25) is 0 Å². The third kappa shape index (κ3) is 4.40. The molecule has 1 aliphatic heterocycles. The summed E-state index contributed by atoms with van der Waals surface area (Å²) in [5.41, 5.74) is -0.0773. The lowest BCUT2D eigenvalue weighted by atomic mass is 10.0. The molecule has 0 spiro atoms. The summed E-state index contributed by atoms with van der Waals surface area (Å²) in [7, 11) is 1.79. The molecule has 1 saturated heterocycles. The summed E-state index contributed by atoms with van der Waals surface area (Å²) in [6.07, 6.45) is 3.52. The molecule has 0 saturated carbocycles. The Balaban J connectivity index is 2.21. The molecule has 0 aromatic heterocycles. The fourth-order valence-corrected chi connectivity index (χ4v) is 2.01. The van der Waals surface area contributed by atoms with Crippen molar-refractivity contribution in [3.63, 3.8) is 0 Å². The van der Waals surface area contributed by atoms with E-state index in [1.54, 1.807) is 7.11 Å².